The van der Waals surface area contributed by atoms with Gasteiger partial charge in [0.2, 0.25) is 0 Å². The van der Waals surface area contributed by atoms with Crippen LogP contribution in [0.4, 0.5) is 0 Å². The van der Waals surface area contributed by atoms with E-state index < -0.39 is 0 Å². The molecule has 0 radical (unpaired) electrons. The van der Waals surface area contributed by atoms with E-state index >= 15 is 0 Å². The Bertz CT molecular complexity index is 146. The molecule has 92 valence electrons. The van der Waals surface area contributed by atoms with Crippen LogP contribution >= 0.6 is 0 Å². The molecule has 0 spiro atoms. The van der Waals surface area contributed by atoms with E-state index in [1.807, 2.05) is 0 Å². The predicted octanol–water partition coefficient (Wildman–Crippen LogP) is 5.38. The molecule has 0 aliphatic carbocycles. The summed E-state index contributed by atoms with van der Waals surface area (Å²) < 4.78 is 0. The molecule has 0 fully saturated rings. The predicted molar refractivity (Wildman–Crippen MR) is 71.0 cm³/mol. The average Bonchev–Trinajstić information content (AvgIpc) is 2.15. The van der Waals surface area contributed by atoms with Crippen molar-refractivity contribution < 1.29 is 0 Å². The number of hydrogen-bond donors (Lipinski definition) is 0. The van der Waals surface area contributed by atoms with Crippen LogP contribution in [0.1, 0.15) is 67.7 Å². The first-order chi connectivity index (χ1) is 6.95. The molecule has 0 saturated carbocycles. The van der Waals surface area contributed by atoms with Gasteiger partial charge in [-0.15, -0.1) is 0 Å². The molecular formula is C15H32. The highest BCUT2D eigenvalue weighted by Gasteiger charge is 2.29. The molecule has 0 N–H and O–H groups in total. The van der Waals surface area contributed by atoms with Crippen molar-refractivity contribution >= 4 is 0 Å². The van der Waals surface area contributed by atoms with Gasteiger partial charge in [-0.2, -0.15) is 0 Å². The summed E-state index contributed by atoms with van der Waals surface area (Å²) in [6, 6.07) is 0. The maximum absolute atomic E-state index is 2.45. The second-order valence-electron chi connectivity index (χ2n) is 5.88. The Kier molecular flexibility index (Phi) is 7.30. The van der Waals surface area contributed by atoms with Gasteiger partial charge in [0.15, 0.2) is 0 Å². The molecule has 0 nitrogen and oxygen atoms in total. The van der Waals surface area contributed by atoms with Gasteiger partial charge in [-0.25, -0.2) is 0 Å². The Hall–Kier alpha value is 0. The Labute approximate surface area is 97.8 Å². The first-order valence-corrected chi connectivity index (χ1v) is 6.95. The van der Waals surface area contributed by atoms with Gasteiger partial charge in [0, 0.05) is 0 Å². The van der Waals surface area contributed by atoms with Crippen LogP contribution in [0.3, 0.4) is 0 Å². The van der Waals surface area contributed by atoms with Gasteiger partial charge in [-0.3, -0.25) is 0 Å². The second kappa shape index (κ2) is 7.30. The van der Waals surface area contributed by atoms with Gasteiger partial charge >= 0.3 is 0 Å². The SMILES string of the molecule is CCCC(CC)C(C(C)C)C(C)C(C)C. The molecule has 0 heterocycles. The summed E-state index contributed by atoms with van der Waals surface area (Å²) in [4.78, 5) is 0. The molecule has 0 amide bonds. The summed E-state index contributed by atoms with van der Waals surface area (Å²) in [7, 11) is 0. The van der Waals surface area contributed by atoms with E-state index in [1.165, 1.54) is 19.3 Å². The Morgan fingerprint density at radius 2 is 1.33 bits per heavy atom. The molecule has 0 aromatic rings. The van der Waals surface area contributed by atoms with Gasteiger partial charge in [-0.05, 0) is 29.6 Å². The van der Waals surface area contributed by atoms with Gasteiger partial charge in [0.05, 0.1) is 0 Å². The third-order valence-corrected chi connectivity index (χ3v) is 4.16. The van der Waals surface area contributed by atoms with E-state index in [9.17, 15) is 0 Å². The third-order valence-electron chi connectivity index (χ3n) is 4.16. The van der Waals surface area contributed by atoms with E-state index in [2.05, 4.69) is 48.5 Å². The summed E-state index contributed by atoms with van der Waals surface area (Å²) in [5.74, 6) is 4.37. The molecule has 15 heavy (non-hydrogen) atoms. The zero-order chi connectivity index (χ0) is 12.0. The van der Waals surface area contributed by atoms with Crippen LogP contribution in [0.15, 0.2) is 0 Å². The fourth-order valence-corrected chi connectivity index (χ4v) is 3.06. The minimum atomic E-state index is 0.823. The fourth-order valence-electron chi connectivity index (χ4n) is 3.06. The van der Waals surface area contributed by atoms with Gasteiger partial charge in [-0.1, -0.05) is 67.7 Å². The fraction of sp³-hybridized carbons (Fsp3) is 1.00. The summed E-state index contributed by atoms with van der Waals surface area (Å²) in [6.07, 6.45) is 4.11. The Morgan fingerprint density at radius 3 is 1.60 bits per heavy atom. The maximum atomic E-state index is 2.45. The minimum absolute atomic E-state index is 0.823. The highest BCUT2D eigenvalue weighted by Crippen LogP contribution is 2.37. The first kappa shape index (κ1) is 15.0. The summed E-state index contributed by atoms with van der Waals surface area (Å²) >= 11 is 0. The highest BCUT2D eigenvalue weighted by molar-refractivity contribution is 4.78. The largest absolute Gasteiger partial charge is 0.0654 e. The van der Waals surface area contributed by atoms with Crippen LogP contribution in [0.2, 0.25) is 0 Å². The van der Waals surface area contributed by atoms with Gasteiger partial charge in [0.1, 0.15) is 0 Å². The van der Waals surface area contributed by atoms with E-state index in [1.54, 1.807) is 0 Å². The highest BCUT2D eigenvalue weighted by atomic mass is 14.3. The summed E-state index contributed by atoms with van der Waals surface area (Å²) in [5, 5.41) is 0. The smallest absolute Gasteiger partial charge is 0.0335 e. The minimum Gasteiger partial charge on any atom is -0.0654 e. The lowest BCUT2D eigenvalue weighted by Crippen LogP contribution is -2.29. The molecule has 0 aromatic heterocycles. The van der Waals surface area contributed by atoms with Crippen molar-refractivity contribution in [2.24, 2.45) is 29.6 Å². The van der Waals surface area contributed by atoms with Crippen molar-refractivity contribution in [3.8, 4) is 0 Å². The summed E-state index contributed by atoms with van der Waals surface area (Å²) in [5.41, 5.74) is 0. The normalized spacial score (nSPS) is 18.2. The van der Waals surface area contributed by atoms with Gasteiger partial charge in [0.25, 0.3) is 0 Å². The van der Waals surface area contributed by atoms with Crippen LogP contribution in [-0.4, -0.2) is 0 Å². The molecule has 0 bridgehead atoms. The van der Waals surface area contributed by atoms with Crippen LogP contribution in [0.25, 0.3) is 0 Å². The van der Waals surface area contributed by atoms with Crippen LogP contribution in [-0.2, 0) is 0 Å². The molecular weight excluding hydrogens is 180 g/mol. The van der Waals surface area contributed by atoms with Crippen molar-refractivity contribution in [3.63, 3.8) is 0 Å². The maximum Gasteiger partial charge on any atom is -0.0335 e. The topological polar surface area (TPSA) is 0 Å². The standard InChI is InChI=1S/C15H32/c1-8-10-14(9-2)15(12(5)6)13(7)11(3)4/h11-15H,8-10H2,1-7H3. The quantitative estimate of drug-likeness (QED) is 0.531. The Morgan fingerprint density at radius 1 is 0.800 bits per heavy atom. The molecule has 0 rings (SSSR count). The summed E-state index contributed by atoms with van der Waals surface area (Å²) in [6.45, 7) is 16.7. The molecule has 3 unspecified atom stereocenters. The molecule has 0 heteroatoms. The molecule has 0 aromatic carbocycles. The lowest BCUT2D eigenvalue weighted by molar-refractivity contribution is 0.127. The van der Waals surface area contributed by atoms with Crippen LogP contribution in [0.5, 0.6) is 0 Å². The zero-order valence-corrected chi connectivity index (χ0v) is 12.0. The van der Waals surface area contributed by atoms with Crippen molar-refractivity contribution in [2.75, 3.05) is 0 Å². The number of rotatable bonds is 7. The molecule has 0 aliphatic heterocycles. The monoisotopic (exact) mass is 212 g/mol. The number of hydrogen-bond acceptors (Lipinski definition) is 0. The van der Waals surface area contributed by atoms with Crippen molar-refractivity contribution in [2.45, 2.75) is 67.7 Å². The van der Waals surface area contributed by atoms with Crippen molar-refractivity contribution in [3.05, 3.63) is 0 Å². The second-order valence-corrected chi connectivity index (χ2v) is 5.88. The van der Waals surface area contributed by atoms with Crippen molar-refractivity contribution in [1.29, 1.82) is 0 Å². The van der Waals surface area contributed by atoms with Crippen molar-refractivity contribution in [1.82, 2.24) is 0 Å². The molecule has 0 aliphatic rings. The average molecular weight is 212 g/mol. The lowest BCUT2D eigenvalue weighted by atomic mass is 9.69. The van der Waals surface area contributed by atoms with Crippen LogP contribution < -0.4 is 0 Å². The van der Waals surface area contributed by atoms with Gasteiger partial charge < -0.3 is 0 Å². The Balaban J connectivity index is 4.61. The molecule has 3 atom stereocenters. The zero-order valence-electron chi connectivity index (χ0n) is 12.0. The lowest BCUT2D eigenvalue weighted by Gasteiger charge is -2.36. The third kappa shape index (κ3) is 4.57. The van der Waals surface area contributed by atoms with Crippen LogP contribution in [0, 0.1) is 29.6 Å². The van der Waals surface area contributed by atoms with E-state index in [0.717, 1.165) is 29.6 Å². The van der Waals surface area contributed by atoms with E-state index in [0.29, 0.717) is 0 Å². The first-order valence-electron chi connectivity index (χ1n) is 6.95. The van der Waals surface area contributed by atoms with E-state index in [4.69, 9.17) is 0 Å². The van der Waals surface area contributed by atoms with E-state index in [-0.39, 0.29) is 0 Å². The molecule has 0 saturated heterocycles.